The maximum absolute atomic E-state index is 12.7. The largest absolute Gasteiger partial charge is 0.460 e. The van der Waals surface area contributed by atoms with E-state index in [4.69, 9.17) is 38.7 Å². The molecule has 2 fully saturated rings. The van der Waals surface area contributed by atoms with Crippen LogP contribution < -0.4 is 11.2 Å². The number of aromatic nitrogens is 2. The molecule has 0 spiro atoms. The lowest BCUT2D eigenvalue weighted by Crippen LogP contribution is -2.48. The highest BCUT2D eigenvalue weighted by atomic mass is 32.2. The normalized spacial score (nSPS) is 26.8. The van der Waals surface area contributed by atoms with Crippen LogP contribution in [0.5, 0.6) is 0 Å². The van der Waals surface area contributed by atoms with Crippen LogP contribution >= 0.6 is 20.7 Å². The molecule has 0 saturated carbocycles. The summed E-state index contributed by atoms with van der Waals surface area (Å²) in [5.74, 6) is -0.164. The van der Waals surface area contributed by atoms with Crippen LogP contribution in [0.2, 0.25) is 0 Å². The number of thiocarbonyl (C=S) groups is 1. The van der Waals surface area contributed by atoms with E-state index in [0.29, 0.717) is 0 Å². The van der Waals surface area contributed by atoms with E-state index in [1.807, 2.05) is 32.4 Å². The Morgan fingerprint density at radius 2 is 1.90 bits per heavy atom. The van der Waals surface area contributed by atoms with E-state index >= 15 is 0 Å². The minimum atomic E-state index is -3.17. The van der Waals surface area contributed by atoms with Crippen LogP contribution in [0, 0.1) is 6.57 Å². The van der Waals surface area contributed by atoms with Gasteiger partial charge in [-0.1, -0.05) is 0 Å². The fraction of sp³-hybridized carbons (Fsp3) is 0.739. The monoisotopic (exact) mass is 606 g/mol. The highest BCUT2D eigenvalue weighted by Crippen LogP contribution is 2.51. The van der Waals surface area contributed by atoms with E-state index < -0.39 is 60.4 Å². The molecule has 0 aromatic carbocycles. The Hall–Kier alpha value is -1.92. The quantitative estimate of drug-likeness (QED) is 0.251. The average Bonchev–Trinajstić information content (AvgIpc) is 3.19. The second-order valence-corrected chi connectivity index (χ2v) is 13.8. The number of H-pyrrole nitrogens is 1. The third-order valence-electron chi connectivity index (χ3n) is 6.13. The Balaban J connectivity index is 2.01. The number of nitrogens with zero attached hydrogens (tertiary/aromatic N) is 4. The van der Waals surface area contributed by atoms with Crippen molar-refractivity contribution < 1.29 is 28.3 Å². The van der Waals surface area contributed by atoms with Gasteiger partial charge in [-0.05, 0) is 46.8 Å². The van der Waals surface area contributed by atoms with Crippen LogP contribution in [-0.2, 0) is 28.4 Å². The van der Waals surface area contributed by atoms with Crippen LogP contribution in [0.1, 0.15) is 49.1 Å². The molecular formula is C23H36N5O8PS2. The van der Waals surface area contributed by atoms with E-state index in [1.54, 1.807) is 11.8 Å². The van der Waals surface area contributed by atoms with Crippen molar-refractivity contribution in [1.82, 2.24) is 19.1 Å². The second kappa shape index (κ2) is 13.2. The highest BCUT2D eigenvalue weighted by molar-refractivity contribution is 7.91. The Kier molecular flexibility index (Phi) is 10.1. The number of ether oxygens (including phenoxy) is 2. The average molecular weight is 607 g/mol. The van der Waals surface area contributed by atoms with Gasteiger partial charge in [0, 0.05) is 45.7 Å². The summed E-state index contributed by atoms with van der Waals surface area (Å²) in [7, 11) is -5.05. The van der Waals surface area contributed by atoms with Gasteiger partial charge in [-0.2, -0.15) is 0 Å². The van der Waals surface area contributed by atoms with Crippen LogP contribution in [0.15, 0.2) is 21.9 Å². The molecule has 6 atom stereocenters. The molecule has 218 valence electrons. The standard InChI is InChI=1S/C23H36N5O8PS2/c1-14(2)28(15(3)4)37(35-17(6)24-7)36-19-16(5)33-21(27-9-8-18(29)25-22(27)30)20(19)34-23(38)26-10-12-39(31,32)13-11-26/h8-9,14-17,19-21H,10-13H2,1-6H3,(H,25,29,30)/t16-,17?,19?,20+,21-,37?/m1/s1/i5D. The van der Waals surface area contributed by atoms with Crippen LogP contribution in [0.4, 0.5) is 0 Å². The first kappa shape index (κ1) is 30.0. The molecule has 2 aliphatic rings. The Labute approximate surface area is 236 Å². The van der Waals surface area contributed by atoms with Crippen LogP contribution in [0.25, 0.3) is 4.85 Å². The van der Waals surface area contributed by atoms with E-state index in [1.165, 1.54) is 6.20 Å². The van der Waals surface area contributed by atoms with Crippen molar-refractivity contribution >= 4 is 35.8 Å². The molecule has 3 unspecified atom stereocenters. The van der Waals surface area contributed by atoms with Gasteiger partial charge in [-0.3, -0.25) is 19.2 Å². The molecule has 3 heterocycles. The summed E-state index contributed by atoms with van der Waals surface area (Å²) in [5.41, 5.74) is -1.35. The van der Waals surface area contributed by atoms with Crippen molar-refractivity contribution in [3.05, 3.63) is 44.5 Å². The highest BCUT2D eigenvalue weighted by Gasteiger charge is 2.50. The summed E-state index contributed by atoms with van der Waals surface area (Å²) >= 11 is 5.54. The minimum absolute atomic E-state index is 0.00504. The number of aromatic amines is 1. The van der Waals surface area contributed by atoms with Gasteiger partial charge in [0.2, 0.25) is 0 Å². The molecule has 0 amide bonds. The van der Waals surface area contributed by atoms with Crippen molar-refractivity contribution in [2.45, 2.75) is 84.4 Å². The predicted molar refractivity (Wildman–Crippen MR) is 150 cm³/mol. The van der Waals surface area contributed by atoms with Gasteiger partial charge < -0.3 is 18.9 Å². The molecule has 0 radical (unpaired) electrons. The molecular weight excluding hydrogens is 569 g/mol. The number of hydrogen-bond donors (Lipinski definition) is 1. The van der Waals surface area contributed by atoms with Gasteiger partial charge in [-0.25, -0.2) is 29.0 Å². The zero-order valence-electron chi connectivity index (χ0n) is 23.6. The van der Waals surface area contributed by atoms with Crippen molar-refractivity contribution in [3.8, 4) is 0 Å². The summed E-state index contributed by atoms with van der Waals surface area (Å²) in [6.45, 7) is 16.9. The van der Waals surface area contributed by atoms with Crippen molar-refractivity contribution in [2.24, 2.45) is 0 Å². The topological polar surface area (TPSA) is 137 Å². The molecule has 1 N–H and O–H groups in total. The third kappa shape index (κ3) is 7.85. The zero-order valence-corrected chi connectivity index (χ0v) is 25.1. The molecule has 39 heavy (non-hydrogen) atoms. The molecule has 1 aromatic rings. The molecule has 1 aromatic heterocycles. The fourth-order valence-electron chi connectivity index (χ4n) is 4.26. The van der Waals surface area contributed by atoms with E-state index in [2.05, 4.69) is 9.83 Å². The molecule has 13 nitrogen and oxygen atoms in total. The number of hydrogen-bond acceptors (Lipinski definition) is 10. The van der Waals surface area contributed by atoms with E-state index in [0.717, 1.165) is 10.6 Å². The lowest BCUT2D eigenvalue weighted by molar-refractivity contribution is -0.0335. The molecule has 16 heteroatoms. The van der Waals surface area contributed by atoms with Gasteiger partial charge in [0.1, 0.15) is 6.10 Å². The van der Waals surface area contributed by atoms with Gasteiger partial charge in [0.15, 0.2) is 22.2 Å². The summed E-state index contributed by atoms with van der Waals surface area (Å²) in [4.78, 5) is 31.7. The molecule has 2 aliphatic heterocycles. The molecule has 0 bridgehead atoms. The fourth-order valence-corrected chi connectivity index (χ4v) is 7.55. The third-order valence-corrected chi connectivity index (χ3v) is 10.3. The van der Waals surface area contributed by atoms with Crippen molar-refractivity contribution in [3.63, 3.8) is 0 Å². The summed E-state index contributed by atoms with van der Waals surface area (Å²) in [5, 5.41) is -0.00504. The smallest absolute Gasteiger partial charge is 0.330 e. The van der Waals surface area contributed by atoms with Gasteiger partial charge >= 0.3 is 11.9 Å². The van der Waals surface area contributed by atoms with E-state index in [9.17, 15) is 18.0 Å². The maximum Gasteiger partial charge on any atom is 0.330 e. The maximum atomic E-state index is 12.7. The predicted octanol–water partition coefficient (Wildman–Crippen LogP) is 1.87. The lowest BCUT2D eigenvalue weighted by Gasteiger charge is -2.38. The Bertz CT molecular complexity index is 1280. The zero-order chi connectivity index (χ0) is 29.8. The van der Waals surface area contributed by atoms with Gasteiger partial charge in [-0.15, -0.1) is 0 Å². The summed E-state index contributed by atoms with van der Waals surface area (Å²) < 4.78 is 60.0. The second-order valence-electron chi connectivity index (χ2n) is 9.78. The van der Waals surface area contributed by atoms with E-state index in [-0.39, 0.29) is 48.8 Å². The van der Waals surface area contributed by atoms with Crippen molar-refractivity contribution in [2.75, 3.05) is 24.6 Å². The first-order valence-electron chi connectivity index (χ1n) is 13.2. The first-order chi connectivity index (χ1) is 18.8. The number of sulfone groups is 1. The van der Waals surface area contributed by atoms with Crippen LogP contribution in [0.3, 0.4) is 0 Å². The molecule has 2 saturated heterocycles. The number of nitrogens with one attached hydrogen (secondary N) is 1. The van der Waals surface area contributed by atoms with Crippen molar-refractivity contribution in [1.29, 1.82) is 0 Å². The van der Waals surface area contributed by atoms with Crippen LogP contribution in [-0.4, -0.2) is 93.9 Å². The molecule has 3 rings (SSSR count). The molecule has 0 aliphatic carbocycles. The summed E-state index contributed by atoms with van der Waals surface area (Å²) in [6, 6.07) is 1.09. The van der Waals surface area contributed by atoms with Gasteiger partial charge in [0.25, 0.3) is 19.3 Å². The minimum Gasteiger partial charge on any atom is -0.460 e. The Morgan fingerprint density at radius 1 is 1.26 bits per heavy atom. The lowest BCUT2D eigenvalue weighted by atomic mass is 10.1. The SMILES string of the molecule is [2H]C[C@H]1O[C@@H](n2ccc(=O)[nH]c2=O)[C@@H](OC(=S)N2CCS(=O)(=O)CC2)C1OP(OC(C)[N+]#[C-])N(C(C)C)C(C)C. The number of rotatable bonds is 9. The Morgan fingerprint density at radius 3 is 2.44 bits per heavy atom. The van der Waals surface area contributed by atoms with Gasteiger partial charge in [0.05, 0.1) is 17.6 Å². The first-order valence-corrected chi connectivity index (χ1v) is 15.8. The summed E-state index contributed by atoms with van der Waals surface area (Å²) in [6.07, 6.45) is -3.65.